The molecule has 4 nitrogen and oxygen atoms in total. The van der Waals surface area contributed by atoms with Crippen LogP contribution in [0.25, 0.3) is 11.0 Å². The maximum absolute atomic E-state index is 13.0. The van der Waals surface area contributed by atoms with Crippen LogP contribution in [0, 0.1) is 11.6 Å². The van der Waals surface area contributed by atoms with E-state index in [1.807, 2.05) is 0 Å². The smallest absolute Gasteiger partial charge is 0.319 e. The van der Waals surface area contributed by atoms with E-state index in [4.69, 9.17) is 5.11 Å². The molecule has 0 aliphatic rings. The number of benzene rings is 1. The number of fused-ring (bicyclic) bond motifs is 1. The molecule has 0 fully saturated rings. The Morgan fingerprint density at radius 2 is 2.05 bits per heavy atom. The first-order chi connectivity index (χ1) is 8.79. The fourth-order valence-electron chi connectivity index (χ4n) is 1.44. The number of carbonyl (C=O) groups is 1. The number of aromatic nitrogens is 2. The molecular formula is C12H12F2N2O2S. The molecule has 0 bridgehead atoms. The summed E-state index contributed by atoms with van der Waals surface area (Å²) in [4.78, 5) is 17.9. The summed E-state index contributed by atoms with van der Waals surface area (Å²) in [7, 11) is 0. The molecule has 0 unspecified atom stereocenters. The van der Waals surface area contributed by atoms with Gasteiger partial charge in [-0.3, -0.25) is 4.79 Å². The van der Waals surface area contributed by atoms with E-state index in [1.54, 1.807) is 13.8 Å². The lowest BCUT2D eigenvalue weighted by atomic mass is 10.2. The maximum atomic E-state index is 13.0. The molecular weight excluding hydrogens is 274 g/mol. The van der Waals surface area contributed by atoms with Gasteiger partial charge in [-0.15, -0.1) is 11.8 Å². The molecule has 0 saturated heterocycles. The first-order valence-electron chi connectivity index (χ1n) is 5.50. The topological polar surface area (TPSA) is 66.0 Å². The minimum absolute atomic E-state index is 0.317. The molecule has 0 amide bonds. The molecule has 0 saturated carbocycles. The summed E-state index contributed by atoms with van der Waals surface area (Å²) in [6, 6.07) is 2.05. The molecule has 1 heterocycles. The van der Waals surface area contributed by atoms with E-state index < -0.39 is 22.4 Å². The van der Waals surface area contributed by atoms with E-state index in [-0.39, 0.29) is 0 Å². The normalized spacial score (nSPS) is 12.0. The number of aliphatic carboxylic acids is 1. The van der Waals surface area contributed by atoms with Gasteiger partial charge in [0.1, 0.15) is 10.6 Å². The van der Waals surface area contributed by atoms with E-state index in [0.29, 0.717) is 22.6 Å². The zero-order valence-corrected chi connectivity index (χ0v) is 11.1. The summed E-state index contributed by atoms with van der Waals surface area (Å²) < 4.78 is 25.1. The third-order valence-corrected chi connectivity index (χ3v) is 3.97. The molecule has 2 aromatic rings. The van der Waals surface area contributed by atoms with Crippen LogP contribution in [0.15, 0.2) is 12.1 Å². The number of imidazole rings is 1. The largest absolute Gasteiger partial charge is 0.480 e. The van der Waals surface area contributed by atoms with Crippen molar-refractivity contribution >= 4 is 28.8 Å². The lowest BCUT2D eigenvalue weighted by Crippen LogP contribution is -2.27. The lowest BCUT2D eigenvalue weighted by Gasteiger charge is -2.17. The van der Waals surface area contributed by atoms with Crippen molar-refractivity contribution in [1.29, 1.82) is 0 Å². The van der Waals surface area contributed by atoms with Crippen LogP contribution in [0.3, 0.4) is 0 Å². The van der Waals surface area contributed by atoms with Crippen LogP contribution in [-0.2, 0) is 10.5 Å². The molecule has 2 N–H and O–H groups in total. The summed E-state index contributed by atoms with van der Waals surface area (Å²) in [5.74, 6) is -2.02. The Hall–Kier alpha value is -1.63. The van der Waals surface area contributed by atoms with Crippen molar-refractivity contribution in [2.24, 2.45) is 0 Å². The van der Waals surface area contributed by atoms with Crippen molar-refractivity contribution < 1.29 is 18.7 Å². The molecule has 1 aromatic carbocycles. The highest BCUT2D eigenvalue weighted by Gasteiger charge is 2.27. The van der Waals surface area contributed by atoms with Crippen molar-refractivity contribution in [3.05, 3.63) is 29.6 Å². The number of carboxylic acids is 1. The van der Waals surface area contributed by atoms with Gasteiger partial charge in [0.15, 0.2) is 11.6 Å². The molecule has 0 aliphatic heterocycles. The average Bonchev–Trinajstić information content (AvgIpc) is 2.69. The second-order valence-electron chi connectivity index (χ2n) is 4.57. The van der Waals surface area contributed by atoms with Gasteiger partial charge in [0.25, 0.3) is 0 Å². The fourth-order valence-corrected chi connectivity index (χ4v) is 2.19. The highest BCUT2D eigenvalue weighted by molar-refractivity contribution is 8.00. The molecule has 19 heavy (non-hydrogen) atoms. The zero-order valence-electron chi connectivity index (χ0n) is 10.3. The monoisotopic (exact) mass is 286 g/mol. The number of nitrogens with zero attached hydrogens (tertiary/aromatic N) is 1. The van der Waals surface area contributed by atoms with E-state index >= 15 is 0 Å². The van der Waals surface area contributed by atoms with Gasteiger partial charge >= 0.3 is 5.97 Å². The third-order valence-electron chi connectivity index (χ3n) is 2.66. The predicted molar refractivity (Wildman–Crippen MR) is 69.0 cm³/mol. The van der Waals surface area contributed by atoms with E-state index in [1.165, 1.54) is 11.8 Å². The first kappa shape index (κ1) is 13.8. The van der Waals surface area contributed by atoms with Gasteiger partial charge in [-0.2, -0.15) is 0 Å². The predicted octanol–water partition coefficient (Wildman–Crippen LogP) is 2.94. The second-order valence-corrected chi connectivity index (χ2v) is 6.17. The van der Waals surface area contributed by atoms with Gasteiger partial charge in [0.05, 0.1) is 16.8 Å². The minimum atomic E-state index is -0.955. The number of carboxylic acid groups (broad SMARTS) is 1. The van der Waals surface area contributed by atoms with Gasteiger partial charge in [-0.1, -0.05) is 0 Å². The quantitative estimate of drug-likeness (QED) is 0.907. The van der Waals surface area contributed by atoms with Crippen LogP contribution < -0.4 is 0 Å². The minimum Gasteiger partial charge on any atom is -0.480 e. The number of rotatable bonds is 4. The van der Waals surface area contributed by atoms with Crippen molar-refractivity contribution in [1.82, 2.24) is 9.97 Å². The molecule has 1 aromatic heterocycles. The highest BCUT2D eigenvalue weighted by Crippen LogP contribution is 2.28. The standard InChI is InChI=1S/C12H12F2N2O2S/c1-12(2,11(17)18)19-5-10-15-8-3-6(13)7(14)4-9(8)16-10/h3-4H,5H2,1-2H3,(H,15,16)(H,17,18). The van der Waals surface area contributed by atoms with Crippen LogP contribution in [0.5, 0.6) is 0 Å². The maximum Gasteiger partial charge on any atom is 0.319 e. The van der Waals surface area contributed by atoms with Crippen molar-refractivity contribution in [3.8, 4) is 0 Å². The Labute approximate surface area is 112 Å². The van der Waals surface area contributed by atoms with Crippen LogP contribution >= 0.6 is 11.8 Å². The number of H-pyrrole nitrogens is 1. The van der Waals surface area contributed by atoms with Crippen LogP contribution in [0.1, 0.15) is 19.7 Å². The third kappa shape index (κ3) is 2.86. The number of hydrogen-bond acceptors (Lipinski definition) is 3. The number of halogens is 2. The lowest BCUT2D eigenvalue weighted by molar-refractivity contribution is -0.138. The molecule has 0 atom stereocenters. The van der Waals surface area contributed by atoms with E-state index in [0.717, 1.165) is 12.1 Å². The summed E-state index contributed by atoms with van der Waals surface area (Å²) in [6.07, 6.45) is 0. The van der Waals surface area contributed by atoms with Gasteiger partial charge in [-0.25, -0.2) is 13.8 Å². The second kappa shape index (κ2) is 4.80. The van der Waals surface area contributed by atoms with E-state index in [2.05, 4.69) is 9.97 Å². The zero-order chi connectivity index (χ0) is 14.2. The van der Waals surface area contributed by atoms with Crippen LogP contribution in [-0.4, -0.2) is 25.8 Å². The number of thioether (sulfide) groups is 1. The summed E-state index contributed by atoms with van der Waals surface area (Å²) >= 11 is 1.18. The average molecular weight is 286 g/mol. The Kier molecular flexibility index (Phi) is 3.49. The van der Waals surface area contributed by atoms with E-state index in [9.17, 15) is 13.6 Å². The summed E-state index contributed by atoms with van der Waals surface area (Å²) in [6.45, 7) is 3.17. The Morgan fingerprint density at radius 1 is 1.42 bits per heavy atom. The van der Waals surface area contributed by atoms with Crippen molar-refractivity contribution in [2.75, 3.05) is 0 Å². The van der Waals surface area contributed by atoms with Crippen LogP contribution in [0.4, 0.5) is 8.78 Å². The van der Waals surface area contributed by atoms with Gasteiger partial charge < -0.3 is 10.1 Å². The van der Waals surface area contributed by atoms with Crippen LogP contribution in [0.2, 0.25) is 0 Å². The van der Waals surface area contributed by atoms with Crippen molar-refractivity contribution in [3.63, 3.8) is 0 Å². The van der Waals surface area contributed by atoms with Gasteiger partial charge in [-0.05, 0) is 13.8 Å². The SMILES string of the molecule is CC(C)(SCc1nc2cc(F)c(F)cc2[nH]1)C(=O)O. The molecule has 2 rings (SSSR count). The molecule has 102 valence electrons. The van der Waals surface area contributed by atoms with Gasteiger partial charge in [0, 0.05) is 12.1 Å². The van der Waals surface area contributed by atoms with Crippen molar-refractivity contribution in [2.45, 2.75) is 24.3 Å². The molecule has 0 radical (unpaired) electrons. The molecule has 0 aliphatic carbocycles. The Morgan fingerprint density at radius 3 is 2.68 bits per heavy atom. The Balaban J connectivity index is 2.21. The first-order valence-corrected chi connectivity index (χ1v) is 6.49. The molecule has 7 heteroatoms. The highest BCUT2D eigenvalue weighted by atomic mass is 32.2. The van der Waals surface area contributed by atoms with Gasteiger partial charge in [0.2, 0.25) is 0 Å². The fraction of sp³-hybridized carbons (Fsp3) is 0.333. The Bertz CT molecular complexity index is 601. The number of hydrogen-bond donors (Lipinski definition) is 2. The summed E-state index contributed by atoms with van der Waals surface area (Å²) in [5.41, 5.74) is 0.713. The summed E-state index contributed by atoms with van der Waals surface area (Å²) in [5, 5.41) is 8.98. The number of nitrogens with one attached hydrogen (secondary N) is 1. The number of aromatic amines is 1. The molecule has 0 spiro atoms.